The van der Waals surface area contributed by atoms with Crippen molar-refractivity contribution in [2.75, 3.05) is 13.1 Å². The lowest BCUT2D eigenvalue weighted by Crippen LogP contribution is -2.54. The second-order valence-corrected chi connectivity index (χ2v) is 7.32. The van der Waals surface area contributed by atoms with E-state index in [0.29, 0.717) is 13.1 Å². The molecule has 2 aliphatic rings. The molecule has 5 nitrogen and oxygen atoms in total. The zero-order valence-electron chi connectivity index (χ0n) is 11.2. The maximum Gasteiger partial charge on any atom is 0.283 e. The van der Waals surface area contributed by atoms with Crippen LogP contribution in [0.3, 0.4) is 0 Å². The first-order valence-electron chi connectivity index (χ1n) is 7.07. The van der Waals surface area contributed by atoms with Gasteiger partial charge in [0.25, 0.3) is 10.2 Å². The molecule has 0 saturated carbocycles. The van der Waals surface area contributed by atoms with Crippen molar-refractivity contribution in [3.63, 3.8) is 0 Å². The molecule has 0 aromatic carbocycles. The summed E-state index contributed by atoms with van der Waals surface area (Å²) < 4.78 is 28.6. The van der Waals surface area contributed by atoms with Crippen LogP contribution in [0, 0.1) is 0 Å². The summed E-state index contributed by atoms with van der Waals surface area (Å²) in [7, 11) is -3.37. The highest BCUT2D eigenvalue weighted by Gasteiger charge is 2.37. The highest BCUT2D eigenvalue weighted by atomic mass is 32.2. The summed E-state index contributed by atoms with van der Waals surface area (Å²) in [5, 5.41) is 0. The molecule has 0 aromatic heterocycles. The summed E-state index contributed by atoms with van der Waals surface area (Å²) in [6.45, 7) is 3.22. The first-order chi connectivity index (χ1) is 8.53. The number of piperidine rings is 1. The Morgan fingerprint density at radius 1 is 0.944 bits per heavy atom. The van der Waals surface area contributed by atoms with Crippen molar-refractivity contribution in [3.05, 3.63) is 0 Å². The maximum atomic E-state index is 12.7. The van der Waals surface area contributed by atoms with Crippen LogP contribution in [0.5, 0.6) is 0 Å². The highest BCUT2D eigenvalue weighted by Crippen LogP contribution is 2.25. The van der Waals surface area contributed by atoms with Crippen molar-refractivity contribution < 1.29 is 8.42 Å². The number of rotatable bonds is 2. The van der Waals surface area contributed by atoms with Gasteiger partial charge in [0.05, 0.1) is 6.17 Å². The van der Waals surface area contributed by atoms with E-state index in [4.69, 9.17) is 5.73 Å². The van der Waals surface area contributed by atoms with E-state index in [9.17, 15) is 8.42 Å². The van der Waals surface area contributed by atoms with Gasteiger partial charge in [-0.1, -0.05) is 19.3 Å². The molecule has 106 valence electrons. The Kier molecular flexibility index (Phi) is 4.64. The molecule has 0 aromatic rings. The normalized spacial score (nSPS) is 33.2. The van der Waals surface area contributed by atoms with Crippen molar-refractivity contribution >= 4 is 10.2 Å². The Bertz CT molecular complexity index is 372. The fourth-order valence-electron chi connectivity index (χ4n) is 2.94. The predicted octanol–water partition coefficient (Wildman–Crippen LogP) is 1.27. The van der Waals surface area contributed by atoms with E-state index in [1.54, 1.807) is 4.31 Å². The van der Waals surface area contributed by atoms with Crippen molar-refractivity contribution in [2.45, 2.75) is 64.1 Å². The molecular formula is C12H25N3O2S. The molecule has 2 rings (SSSR count). The molecule has 0 aliphatic carbocycles. The van der Waals surface area contributed by atoms with Gasteiger partial charge in [0.15, 0.2) is 0 Å². The van der Waals surface area contributed by atoms with Gasteiger partial charge in [0.2, 0.25) is 0 Å². The molecule has 2 atom stereocenters. The van der Waals surface area contributed by atoms with Gasteiger partial charge in [0, 0.05) is 19.1 Å². The van der Waals surface area contributed by atoms with Crippen molar-refractivity contribution in [1.29, 1.82) is 0 Å². The van der Waals surface area contributed by atoms with Gasteiger partial charge in [-0.2, -0.15) is 17.0 Å². The first kappa shape index (κ1) is 14.2. The minimum Gasteiger partial charge on any atom is -0.315 e. The van der Waals surface area contributed by atoms with Gasteiger partial charge in [-0.05, 0) is 32.6 Å². The molecule has 2 aliphatic heterocycles. The largest absolute Gasteiger partial charge is 0.315 e. The standard InChI is InChI=1S/C12H25N3O2S/c1-11-7-4-6-9-14(11)18(16,17)15-10-5-2-3-8-12(15)13/h11-12H,2-10,13H2,1H3. The summed E-state index contributed by atoms with van der Waals surface area (Å²) >= 11 is 0. The first-order valence-corrected chi connectivity index (χ1v) is 8.47. The van der Waals surface area contributed by atoms with Crippen LogP contribution in [-0.4, -0.2) is 42.3 Å². The van der Waals surface area contributed by atoms with Crippen LogP contribution in [0.25, 0.3) is 0 Å². The molecule has 2 unspecified atom stereocenters. The van der Waals surface area contributed by atoms with Crippen molar-refractivity contribution in [3.8, 4) is 0 Å². The van der Waals surface area contributed by atoms with Gasteiger partial charge in [-0.15, -0.1) is 0 Å². The van der Waals surface area contributed by atoms with E-state index >= 15 is 0 Å². The van der Waals surface area contributed by atoms with Crippen LogP contribution in [0.2, 0.25) is 0 Å². The lowest BCUT2D eigenvalue weighted by atomic mass is 10.1. The van der Waals surface area contributed by atoms with Crippen LogP contribution >= 0.6 is 0 Å². The molecule has 2 fully saturated rings. The Hall–Kier alpha value is -0.170. The van der Waals surface area contributed by atoms with Gasteiger partial charge < -0.3 is 5.73 Å². The zero-order valence-corrected chi connectivity index (χ0v) is 12.0. The van der Waals surface area contributed by atoms with E-state index in [2.05, 4.69) is 0 Å². The molecule has 0 amide bonds. The van der Waals surface area contributed by atoms with Crippen LogP contribution in [0.4, 0.5) is 0 Å². The van der Waals surface area contributed by atoms with Crippen molar-refractivity contribution in [1.82, 2.24) is 8.61 Å². The average Bonchev–Trinajstić information content (AvgIpc) is 2.54. The monoisotopic (exact) mass is 275 g/mol. The van der Waals surface area contributed by atoms with E-state index in [1.807, 2.05) is 6.92 Å². The summed E-state index contributed by atoms with van der Waals surface area (Å²) in [4.78, 5) is 0. The quantitative estimate of drug-likeness (QED) is 0.825. The Balaban J connectivity index is 2.17. The van der Waals surface area contributed by atoms with Gasteiger partial charge >= 0.3 is 0 Å². The fourth-order valence-corrected chi connectivity index (χ4v) is 4.94. The van der Waals surface area contributed by atoms with E-state index in [1.165, 1.54) is 4.31 Å². The molecule has 18 heavy (non-hydrogen) atoms. The summed E-state index contributed by atoms with van der Waals surface area (Å²) in [5.74, 6) is 0. The lowest BCUT2D eigenvalue weighted by molar-refractivity contribution is 0.229. The van der Waals surface area contributed by atoms with Gasteiger partial charge in [-0.25, -0.2) is 0 Å². The van der Waals surface area contributed by atoms with Crippen LogP contribution in [0.1, 0.15) is 51.9 Å². The number of nitrogens with zero attached hydrogens (tertiary/aromatic N) is 2. The Labute approximate surface area is 110 Å². The molecular weight excluding hydrogens is 250 g/mol. The number of hydrogen-bond acceptors (Lipinski definition) is 3. The lowest BCUT2D eigenvalue weighted by Gasteiger charge is -2.37. The van der Waals surface area contributed by atoms with Crippen LogP contribution < -0.4 is 5.73 Å². The third kappa shape index (κ3) is 2.87. The molecule has 6 heteroatoms. The smallest absolute Gasteiger partial charge is 0.283 e. The molecule has 0 bridgehead atoms. The molecule has 0 spiro atoms. The second kappa shape index (κ2) is 5.86. The minimum atomic E-state index is -3.37. The molecule has 2 N–H and O–H groups in total. The average molecular weight is 275 g/mol. The third-order valence-corrected chi connectivity index (χ3v) is 6.26. The summed E-state index contributed by atoms with van der Waals surface area (Å²) in [6.07, 6.45) is 6.52. The van der Waals surface area contributed by atoms with Crippen molar-refractivity contribution in [2.24, 2.45) is 5.73 Å². The Morgan fingerprint density at radius 2 is 1.56 bits per heavy atom. The van der Waals surface area contributed by atoms with E-state index < -0.39 is 10.2 Å². The van der Waals surface area contributed by atoms with Gasteiger partial charge in [-0.3, -0.25) is 0 Å². The SMILES string of the molecule is CC1CCCCN1S(=O)(=O)N1CCCCCC1N. The summed E-state index contributed by atoms with van der Waals surface area (Å²) in [6, 6.07) is 0.110. The van der Waals surface area contributed by atoms with E-state index in [-0.39, 0.29) is 12.2 Å². The highest BCUT2D eigenvalue weighted by molar-refractivity contribution is 7.86. The topological polar surface area (TPSA) is 66.6 Å². The molecule has 2 saturated heterocycles. The van der Waals surface area contributed by atoms with E-state index in [0.717, 1.165) is 44.9 Å². The predicted molar refractivity (Wildman–Crippen MR) is 72.1 cm³/mol. The molecule has 0 radical (unpaired) electrons. The second-order valence-electron chi connectivity index (χ2n) is 5.49. The number of nitrogens with two attached hydrogens (primary N) is 1. The summed E-state index contributed by atoms with van der Waals surface area (Å²) in [5.41, 5.74) is 6.04. The fraction of sp³-hybridized carbons (Fsp3) is 1.00. The van der Waals surface area contributed by atoms with Crippen LogP contribution in [-0.2, 0) is 10.2 Å². The zero-order chi connectivity index (χ0) is 13.2. The molecule has 2 heterocycles. The number of hydrogen-bond donors (Lipinski definition) is 1. The maximum absolute atomic E-state index is 12.7. The van der Waals surface area contributed by atoms with Gasteiger partial charge in [0.1, 0.15) is 0 Å². The minimum absolute atomic E-state index is 0.110. The Morgan fingerprint density at radius 3 is 2.28 bits per heavy atom. The van der Waals surface area contributed by atoms with Crippen LogP contribution in [0.15, 0.2) is 0 Å². The third-order valence-electron chi connectivity index (χ3n) is 4.08.